The molecule has 40 heavy (non-hydrogen) atoms. The van der Waals surface area contributed by atoms with Crippen LogP contribution >= 0.6 is 0 Å². The molecule has 218 valence electrons. The van der Waals surface area contributed by atoms with Gasteiger partial charge in [-0.2, -0.15) is 0 Å². The van der Waals surface area contributed by atoms with E-state index >= 15 is 0 Å². The molecule has 9 nitrogen and oxygen atoms in total. The minimum absolute atomic E-state index is 0.0881. The molecule has 3 fully saturated rings. The lowest BCUT2D eigenvalue weighted by Gasteiger charge is -2.40. The summed E-state index contributed by atoms with van der Waals surface area (Å²) in [6.07, 6.45) is 5.96. The Hall–Kier alpha value is -3.17. The zero-order valence-electron chi connectivity index (χ0n) is 23.8. The number of carbonyl (C=O) groups excluding carboxylic acids is 3. The number of methoxy groups -OCH3 is 1. The number of hydrogen-bond donors (Lipinski definition) is 1. The maximum absolute atomic E-state index is 14.6. The number of fused-ring (bicyclic) bond motifs is 1. The second-order valence-corrected chi connectivity index (χ2v) is 11.0. The fourth-order valence-electron chi connectivity index (χ4n) is 6.67. The van der Waals surface area contributed by atoms with E-state index in [1.807, 2.05) is 13.8 Å². The third kappa shape index (κ3) is 5.05. The first-order chi connectivity index (χ1) is 19.3. The number of hydrogen-bond acceptors (Lipinski definition) is 7. The molecule has 7 atom stereocenters. The molecule has 9 heteroatoms. The first-order valence-electron chi connectivity index (χ1n) is 14.2. The maximum Gasteiger partial charge on any atom is 0.312 e. The van der Waals surface area contributed by atoms with Gasteiger partial charge >= 0.3 is 5.97 Å². The van der Waals surface area contributed by atoms with Gasteiger partial charge in [0.05, 0.1) is 44.3 Å². The Bertz CT molecular complexity index is 1110. The van der Waals surface area contributed by atoms with Crippen molar-refractivity contribution in [2.75, 3.05) is 31.8 Å². The second kappa shape index (κ2) is 12.6. The smallest absolute Gasteiger partial charge is 0.312 e. The first-order valence-corrected chi connectivity index (χ1v) is 14.2. The SMILES string of the molecule is C=CCCCOC(=O)[C@@H]1[C@H]2C(=O)N([C@@H](CO)[C@@H](C)CC)C(C(=O)N(CC=C)c3ccc(OC)cc3)C23CC[C@H]1O3. The number of benzene rings is 1. The molecule has 2 unspecified atom stereocenters. The highest BCUT2D eigenvalue weighted by molar-refractivity contribution is 6.04. The fraction of sp³-hybridized carbons (Fsp3) is 0.581. The molecule has 3 aliphatic rings. The molecule has 3 heterocycles. The summed E-state index contributed by atoms with van der Waals surface area (Å²) in [6, 6.07) is 5.48. The molecule has 0 aliphatic carbocycles. The van der Waals surface area contributed by atoms with Crippen molar-refractivity contribution in [3.05, 3.63) is 49.6 Å². The van der Waals surface area contributed by atoms with Crippen LogP contribution in [0.1, 0.15) is 46.0 Å². The minimum Gasteiger partial charge on any atom is -0.497 e. The van der Waals surface area contributed by atoms with E-state index in [0.717, 1.165) is 0 Å². The predicted molar refractivity (Wildman–Crippen MR) is 151 cm³/mol. The van der Waals surface area contributed by atoms with Gasteiger partial charge in [0.2, 0.25) is 5.91 Å². The average molecular weight is 555 g/mol. The van der Waals surface area contributed by atoms with Crippen LogP contribution in [0, 0.1) is 17.8 Å². The summed E-state index contributed by atoms with van der Waals surface area (Å²) >= 11 is 0. The number of likely N-dealkylation sites (tertiary alicyclic amines) is 1. The second-order valence-electron chi connectivity index (χ2n) is 11.0. The standard InChI is InChI=1S/C31H42N2O7/c1-6-9-10-18-39-30(37)25-24-15-16-31(40-24)26(25)28(35)33(23(19-34)20(4)8-3)27(31)29(36)32(17-7-2)21-11-13-22(38-5)14-12-21/h6-7,11-14,20,23-27,34H,1-2,8-10,15-19H2,3-5H3/t20-,23-,24+,25-,26-,27?,31?/m0/s1. The molecule has 1 aromatic carbocycles. The molecular formula is C31H42N2O7. The van der Waals surface area contributed by atoms with Gasteiger partial charge in [-0.3, -0.25) is 14.4 Å². The molecule has 4 rings (SSSR count). The number of carbonyl (C=O) groups is 3. The van der Waals surface area contributed by atoms with Crippen LogP contribution in [-0.2, 0) is 23.9 Å². The molecule has 1 aromatic rings. The van der Waals surface area contributed by atoms with Gasteiger partial charge in [0.25, 0.3) is 5.91 Å². The van der Waals surface area contributed by atoms with E-state index in [1.54, 1.807) is 48.4 Å². The summed E-state index contributed by atoms with van der Waals surface area (Å²) in [5, 5.41) is 10.5. The summed E-state index contributed by atoms with van der Waals surface area (Å²) < 4.78 is 17.4. The Labute approximate surface area is 236 Å². The molecule has 3 saturated heterocycles. The number of allylic oxidation sites excluding steroid dienone is 1. The van der Waals surface area contributed by atoms with E-state index in [9.17, 15) is 19.5 Å². The number of aliphatic hydroxyl groups excluding tert-OH is 1. The summed E-state index contributed by atoms with van der Waals surface area (Å²) in [5.41, 5.74) is -0.566. The highest BCUT2D eigenvalue weighted by Crippen LogP contribution is 2.59. The topological polar surface area (TPSA) is 106 Å². The third-order valence-electron chi connectivity index (χ3n) is 8.85. The van der Waals surface area contributed by atoms with Gasteiger partial charge in [0, 0.05) is 12.2 Å². The zero-order chi connectivity index (χ0) is 29.0. The van der Waals surface area contributed by atoms with Crippen molar-refractivity contribution >= 4 is 23.5 Å². The van der Waals surface area contributed by atoms with E-state index < -0.39 is 41.6 Å². The molecule has 1 N–H and O–H groups in total. The zero-order valence-corrected chi connectivity index (χ0v) is 23.8. The van der Waals surface area contributed by atoms with Crippen LogP contribution < -0.4 is 9.64 Å². The lowest BCUT2D eigenvalue weighted by molar-refractivity contribution is -0.156. The fourth-order valence-corrected chi connectivity index (χ4v) is 6.67. The quantitative estimate of drug-likeness (QED) is 0.213. The lowest BCUT2D eigenvalue weighted by atomic mass is 9.70. The van der Waals surface area contributed by atoms with Gasteiger partial charge in [-0.05, 0) is 55.9 Å². The maximum atomic E-state index is 14.6. The number of nitrogens with zero attached hydrogens (tertiary/aromatic N) is 2. The number of rotatable bonds is 14. The van der Waals surface area contributed by atoms with Crippen LogP contribution in [0.5, 0.6) is 5.75 Å². The van der Waals surface area contributed by atoms with Gasteiger partial charge in [0.15, 0.2) is 0 Å². The normalized spacial score (nSPS) is 28.1. The molecule has 1 spiro atoms. The third-order valence-corrected chi connectivity index (χ3v) is 8.85. The predicted octanol–water partition coefficient (Wildman–Crippen LogP) is 3.51. The number of unbranched alkanes of at least 4 members (excludes halogenated alkanes) is 1. The molecule has 0 radical (unpaired) electrons. The van der Waals surface area contributed by atoms with Crippen molar-refractivity contribution in [1.82, 2.24) is 4.90 Å². The molecule has 2 bridgehead atoms. The highest BCUT2D eigenvalue weighted by Gasteiger charge is 2.75. The van der Waals surface area contributed by atoms with Gasteiger partial charge in [0.1, 0.15) is 17.4 Å². The summed E-state index contributed by atoms with van der Waals surface area (Å²) in [5.74, 6) is -2.22. The van der Waals surface area contributed by atoms with Crippen molar-refractivity contribution in [2.45, 2.75) is 69.7 Å². The minimum atomic E-state index is -1.18. The summed E-state index contributed by atoms with van der Waals surface area (Å²) in [4.78, 5) is 45.3. The summed E-state index contributed by atoms with van der Waals surface area (Å²) in [6.45, 7) is 11.6. The molecule has 3 aliphatic heterocycles. The van der Waals surface area contributed by atoms with Crippen LogP contribution in [0.15, 0.2) is 49.6 Å². The number of anilines is 1. The lowest BCUT2D eigenvalue weighted by Crippen LogP contribution is -2.60. The molecule has 2 amide bonds. The van der Waals surface area contributed by atoms with Crippen molar-refractivity contribution in [3.8, 4) is 5.75 Å². The Kier molecular flexibility index (Phi) is 9.36. The number of ether oxygens (including phenoxy) is 3. The number of amides is 2. The van der Waals surface area contributed by atoms with E-state index in [0.29, 0.717) is 43.5 Å². The van der Waals surface area contributed by atoms with Crippen LogP contribution in [-0.4, -0.2) is 78.4 Å². The van der Waals surface area contributed by atoms with Crippen LogP contribution in [0.3, 0.4) is 0 Å². The molecule has 0 saturated carbocycles. The molecule has 0 aromatic heterocycles. The van der Waals surface area contributed by atoms with E-state index in [1.165, 1.54) is 4.90 Å². The summed E-state index contributed by atoms with van der Waals surface area (Å²) in [7, 11) is 1.57. The monoisotopic (exact) mass is 554 g/mol. The number of aliphatic hydroxyl groups is 1. The van der Waals surface area contributed by atoms with Crippen molar-refractivity contribution in [3.63, 3.8) is 0 Å². The van der Waals surface area contributed by atoms with E-state index in [-0.39, 0.29) is 37.5 Å². The first kappa shape index (κ1) is 29.8. The van der Waals surface area contributed by atoms with E-state index in [2.05, 4.69) is 13.2 Å². The van der Waals surface area contributed by atoms with Crippen molar-refractivity contribution < 1.29 is 33.7 Å². The average Bonchev–Trinajstić information content (AvgIpc) is 3.61. The van der Waals surface area contributed by atoms with Gasteiger partial charge in [-0.1, -0.05) is 32.4 Å². The molecular weight excluding hydrogens is 512 g/mol. The Morgan fingerprint density at radius 1 is 1.27 bits per heavy atom. The van der Waals surface area contributed by atoms with Crippen LogP contribution in [0.2, 0.25) is 0 Å². The van der Waals surface area contributed by atoms with Crippen LogP contribution in [0.25, 0.3) is 0 Å². The Morgan fingerprint density at radius 3 is 2.60 bits per heavy atom. The Balaban J connectivity index is 1.76. The van der Waals surface area contributed by atoms with E-state index in [4.69, 9.17) is 14.2 Å². The van der Waals surface area contributed by atoms with Gasteiger partial charge in [-0.25, -0.2) is 0 Å². The largest absolute Gasteiger partial charge is 0.497 e. The van der Waals surface area contributed by atoms with Gasteiger partial charge in [-0.15, -0.1) is 13.2 Å². The van der Waals surface area contributed by atoms with Crippen molar-refractivity contribution in [2.24, 2.45) is 17.8 Å². The van der Waals surface area contributed by atoms with Crippen LogP contribution in [0.4, 0.5) is 5.69 Å². The van der Waals surface area contributed by atoms with Crippen molar-refractivity contribution in [1.29, 1.82) is 0 Å². The Morgan fingerprint density at radius 2 is 2.00 bits per heavy atom. The van der Waals surface area contributed by atoms with Gasteiger partial charge < -0.3 is 29.1 Å². The highest BCUT2D eigenvalue weighted by atomic mass is 16.6. The number of esters is 1.